The van der Waals surface area contributed by atoms with Gasteiger partial charge in [-0.3, -0.25) is 0 Å². The van der Waals surface area contributed by atoms with Crippen LogP contribution in [0.4, 0.5) is 4.39 Å². The van der Waals surface area contributed by atoms with E-state index < -0.39 is 0 Å². The van der Waals surface area contributed by atoms with Crippen LogP contribution in [0.25, 0.3) is 0 Å². The smallest absolute Gasteiger partial charge is 0.123 e. The van der Waals surface area contributed by atoms with Gasteiger partial charge < -0.3 is 10.4 Å². The summed E-state index contributed by atoms with van der Waals surface area (Å²) >= 11 is 0. The highest BCUT2D eigenvalue weighted by molar-refractivity contribution is 5.27. The standard InChI is InChI=1S/C12H16FNO/c13-11-4-1-3-10(7-11)12(9-15)5-2-6-14-8-12/h1,3-4,7,14-15H,2,5-6,8-9H2. The topological polar surface area (TPSA) is 32.3 Å². The molecule has 15 heavy (non-hydrogen) atoms. The van der Waals surface area contributed by atoms with Crippen molar-refractivity contribution in [3.05, 3.63) is 35.6 Å². The van der Waals surface area contributed by atoms with Crippen molar-refractivity contribution >= 4 is 0 Å². The Balaban J connectivity index is 2.32. The van der Waals surface area contributed by atoms with Crippen LogP contribution in [0.1, 0.15) is 18.4 Å². The Labute approximate surface area is 89.1 Å². The molecule has 0 amide bonds. The first-order valence-electron chi connectivity index (χ1n) is 5.34. The van der Waals surface area contributed by atoms with E-state index >= 15 is 0 Å². The van der Waals surface area contributed by atoms with Crippen molar-refractivity contribution in [3.63, 3.8) is 0 Å². The van der Waals surface area contributed by atoms with Crippen LogP contribution in [0, 0.1) is 5.82 Å². The lowest BCUT2D eigenvalue weighted by Gasteiger charge is -2.36. The van der Waals surface area contributed by atoms with Gasteiger partial charge in [-0.2, -0.15) is 0 Å². The fraction of sp³-hybridized carbons (Fsp3) is 0.500. The third-order valence-electron chi connectivity index (χ3n) is 3.21. The van der Waals surface area contributed by atoms with Crippen LogP contribution < -0.4 is 5.32 Å². The molecule has 2 N–H and O–H groups in total. The summed E-state index contributed by atoms with van der Waals surface area (Å²) in [5, 5.41) is 12.8. The van der Waals surface area contributed by atoms with E-state index in [9.17, 15) is 9.50 Å². The first kappa shape index (κ1) is 10.6. The Morgan fingerprint density at radius 1 is 1.47 bits per heavy atom. The summed E-state index contributed by atoms with van der Waals surface area (Å²) in [6, 6.07) is 6.57. The van der Waals surface area contributed by atoms with Gasteiger partial charge in [-0.1, -0.05) is 12.1 Å². The molecule has 2 nitrogen and oxygen atoms in total. The van der Waals surface area contributed by atoms with Crippen LogP contribution in [0.15, 0.2) is 24.3 Å². The Kier molecular flexibility index (Phi) is 3.03. The van der Waals surface area contributed by atoms with Crippen molar-refractivity contribution in [2.75, 3.05) is 19.7 Å². The van der Waals surface area contributed by atoms with E-state index in [0.29, 0.717) is 0 Å². The molecule has 1 aliphatic heterocycles. The Morgan fingerprint density at radius 2 is 2.33 bits per heavy atom. The van der Waals surface area contributed by atoms with Crippen LogP contribution in [-0.4, -0.2) is 24.8 Å². The summed E-state index contributed by atoms with van der Waals surface area (Å²) in [4.78, 5) is 0. The number of hydrogen-bond acceptors (Lipinski definition) is 2. The quantitative estimate of drug-likeness (QED) is 0.772. The van der Waals surface area contributed by atoms with Gasteiger partial charge in [-0.05, 0) is 37.1 Å². The predicted molar refractivity (Wildman–Crippen MR) is 57.3 cm³/mol. The summed E-state index contributed by atoms with van der Waals surface area (Å²) in [7, 11) is 0. The average Bonchev–Trinajstić information content (AvgIpc) is 2.30. The number of nitrogens with one attached hydrogen (secondary N) is 1. The van der Waals surface area contributed by atoms with Gasteiger partial charge in [-0.25, -0.2) is 4.39 Å². The summed E-state index contributed by atoms with van der Waals surface area (Å²) < 4.78 is 13.1. The lowest BCUT2D eigenvalue weighted by molar-refractivity contribution is 0.162. The minimum absolute atomic E-state index is 0.0729. The molecule has 0 radical (unpaired) electrons. The molecule has 0 saturated carbocycles. The zero-order valence-electron chi connectivity index (χ0n) is 8.67. The highest BCUT2D eigenvalue weighted by Gasteiger charge is 2.33. The highest BCUT2D eigenvalue weighted by Crippen LogP contribution is 2.30. The lowest BCUT2D eigenvalue weighted by atomic mass is 9.75. The Bertz CT molecular complexity index is 334. The molecule has 1 aromatic carbocycles. The largest absolute Gasteiger partial charge is 0.395 e. The van der Waals surface area contributed by atoms with Crippen LogP contribution in [0.5, 0.6) is 0 Å². The Hall–Kier alpha value is -0.930. The van der Waals surface area contributed by atoms with Crippen molar-refractivity contribution in [3.8, 4) is 0 Å². The van der Waals surface area contributed by atoms with Crippen molar-refractivity contribution < 1.29 is 9.50 Å². The van der Waals surface area contributed by atoms with E-state index in [-0.39, 0.29) is 17.8 Å². The van der Waals surface area contributed by atoms with Crippen molar-refractivity contribution in [1.82, 2.24) is 5.32 Å². The second-order valence-electron chi connectivity index (χ2n) is 4.23. The molecule has 3 heteroatoms. The zero-order chi connectivity index (χ0) is 10.7. The van der Waals surface area contributed by atoms with E-state index in [1.165, 1.54) is 12.1 Å². The summed E-state index contributed by atoms with van der Waals surface area (Å²) in [6.07, 6.45) is 1.94. The number of rotatable bonds is 2. The number of piperidine rings is 1. The first-order chi connectivity index (χ1) is 7.27. The van der Waals surface area contributed by atoms with E-state index in [1.807, 2.05) is 6.07 Å². The minimum atomic E-state index is -0.291. The monoisotopic (exact) mass is 209 g/mol. The predicted octanol–water partition coefficient (Wildman–Crippen LogP) is 1.44. The number of halogens is 1. The van der Waals surface area contributed by atoms with Crippen LogP contribution in [0.3, 0.4) is 0 Å². The maximum absolute atomic E-state index is 13.1. The molecule has 1 fully saturated rings. The van der Waals surface area contributed by atoms with Gasteiger partial charge in [0, 0.05) is 12.0 Å². The molecule has 1 aromatic rings. The number of hydrogen-bond donors (Lipinski definition) is 2. The van der Waals surface area contributed by atoms with Gasteiger partial charge in [0.2, 0.25) is 0 Å². The summed E-state index contributed by atoms with van der Waals surface area (Å²) in [5.41, 5.74) is 0.609. The third-order valence-corrected chi connectivity index (χ3v) is 3.21. The second kappa shape index (κ2) is 4.29. The normalized spacial score (nSPS) is 26.5. The highest BCUT2D eigenvalue weighted by atomic mass is 19.1. The fourth-order valence-electron chi connectivity index (χ4n) is 2.26. The van der Waals surface area contributed by atoms with Gasteiger partial charge in [-0.15, -0.1) is 0 Å². The SMILES string of the molecule is OCC1(c2cccc(F)c2)CCCNC1. The second-order valence-corrected chi connectivity index (χ2v) is 4.23. The fourth-order valence-corrected chi connectivity index (χ4v) is 2.26. The molecule has 1 aliphatic rings. The number of benzene rings is 1. The van der Waals surface area contributed by atoms with E-state index in [4.69, 9.17) is 0 Å². The molecule has 0 spiro atoms. The molecule has 0 aromatic heterocycles. The first-order valence-corrected chi connectivity index (χ1v) is 5.34. The molecule has 82 valence electrons. The van der Waals surface area contributed by atoms with Gasteiger partial charge in [0.05, 0.1) is 6.61 Å². The summed E-state index contributed by atoms with van der Waals surface area (Å²) in [5.74, 6) is -0.231. The van der Waals surface area contributed by atoms with E-state index in [0.717, 1.165) is 31.5 Å². The third kappa shape index (κ3) is 2.03. The Morgan fingerprint density at radius 3 is 2.93 bits per heavy atom. The van der Waals surface area contributed by atoms with Crippen molar-refractivity contribution in [2.45, 2.75) is 18.3 Å². The average molecular weight is 209 g/mol. The van der Waals surface area contributed by atoms with E-state index in [1.54, 1.807) is 6.07 Å². The van der Waals surface area contributed by atoms with Crippen molar-refractivity contribution in [1.29, 1.82) is 0 Å². The van der Waals surface area contributed by atoms with Gasteiger partial charge in [0.1, 0.15) is 5.82 Å². The molecule has 1 unspecified atom stereocenters. The molecular weight excluding hydrogens is 193 g/mol. The molecule has 2 rings (SSSR count). The van der Waals surface area contributed by atoms with Crippen LogP contribution >= 0.6 is 0 Å². The molecule has 1 heterocycles. The molecule has 0 aliphatic carbocycles. The lowest BCUT2D eigenvalue weighted by Crippen LogP contribution is -2.46. The van der Waals surface area contributed by atoms with Gasteiger partial charge in [0.25, 0.3) is 0 Å². The molecular formula is C12H16FNO. The molecule has 0 bridgehead atoms. The van der Waals surface area contributed by atoms with Gasteiger partial charge in [0.15, 0.2) is 0 Å². The number of aliphatic hydroxyl groups is 1. The minimum Gasteiger partial charge on any atom is -0.395 e. The molecule has 1 saturated heterocycles. The van der Waals surface area contributed by atoms with Crippen LogP contribution in [0.2, 0.25) is 0 Å². The van der Waals surface area contributed by atoms with E-state index in [2.05, 4.69) is 5.32 Å². The maximum Gasteiger partial charge on any atom is 0.123 e. The zero-order valence-corrected chi connectivity index (χ0v) is 8.67. The number of aliphatic hydroxyl groups excluding tert-OH is 1. The van der Waals surface area contributed by atoms with Crippen LogP contribution in [-0.2, 0) is 5.41 Å². The maximum atomic E-state index is 13.1. The summed E-state index contributed by atoms with van der Waals surface area (Å²) in [6.45, 7) is 1.79. The van der Waals surface area contributed by atoms with Crippen molar-refractivity contribution in [2.24, 2.45) is 0 Å². The molecule has 1 atom stereocenters. The van der Waals surface area contributed by atoms with Gasteiger partial charge >= 0.3 is 0 Å².